The Morgan fingerprint density at radius 1 is 1.50 bits per heavy atom. The maximum Gasteiger partial charge on any atom is 0.262 e. The Bertz CT molecular complexity index is 835. The lowest BCUT2D eigenvalue weighted by molar-refractivity contribution is -0.117. The molecule has 6 nitrogen and oxygen atoms in total. The standard InChI is InChI=1S/C20H23N3O3/c1-14-9-16(15(2)23(14)13-19-6-4-8-26-19)10-17(11-21)20(24)22-12-18-5-3-7-25-18/h3,5,7,9-10,19H,4,6,8,12-13H2,1-2H3,(H,22,24)/b17-10-. The van der Waals surface area contributed by atoms with E-state index in [0.29, 0.717) is 5.76 Å². The summed E-state index contributed by atoms with van der Waals surface area (Å²) in [5.74, 6) is 0.234. The number of rotatable bonds is 6. The van der Waals surface area contributed by atoms with E-state index in [0.717, 1.165) is 42.9 Å². The summed E-state index contributed by atoms with van der Waals surface area (Å²) in [5, 5.41) is 12.1. The van der Waals surface area contributed by atoms with Gasteiger partial charge in [-0.15, -0.1) is 0 Å². The van der Waals surface area contributed by atoms with Crippen LogP contribution in [-0.4, -0.2) is 23.2 Å². The molecule has 1 N–H and O–H groups in total. The number of ether oxygens (including phenoxy) is 1. The van der Waals surface area contributed by atoms with E-state index >= 15 is 0 Å². The molecule has 1 unspecified atom stereocenters. The molecule has 136 valence electrons. The lowest BCUT2D eigenvalue weighted by Crippen LogP contribution is -2.23. The Balaban J connectivity index is 1.73. The molecule has 26 heavy (non-hydrogen) atoms. The smallest absolute Gasteiger partial charge is 0.262 e. The topological polar surface area (TPSA) is 80.2 Å². The van der Waals surface area contributed by atoms with E-state index in [1.165, 1.54) is 0 Å². The highest BCUT2D eigenvalue weighted by Gasteiger charge is 2.19. The van der Waals surface area contributed by atoms with Crippen molar-refractivity contribution in [3.8, 4) is 6.07 Å². The zero-order valence-electron chi connectivity index (χ0n) is 15.1. The Kier molecular flexibility index (Phi) is 5.59. The van der Waals surface area contributed by atoms with E-state index in [9.17, 15) is 10.1 Å². The molecular weight excluding hydrogens is 330 g/mol. The molecular formula is C20H23N3O3. The van der Waals surface area contributed by atoms with Crippen molar-refractivity contribution in [1.82, 2.24) is 9.88 Å². The fourth-order valence-corrected chi connectivity index (χ4v) is 3.23. The van der Waals surface area contributed by atoms with E-state index in [1.54, 1.807) is 24.5 Å². The van der Waals surface area contributed by atoms with Crippen LogP contribution in [0.3, 0.4) is 0 Å². The summed E-state index contributed by atoms with van der Waals surface area (Å²) < 4.78 is 13.1. The first kappa shape index (κ1) is 18.0. The van der Waals surface area contributed by atoms with Gasteiger partial charge in [0, 0.05) is 24.5 Å². The molecule has 0 aromatic carbocycles. The van der Waals surface area contributed by atoms with Gasteiger partial charge in [-0.25, -0.2) is 0 Å². The van der Waals surface area contributed by atoms with Gasteiger partial charge >= 0.3 is 0 Å². The van der Waals surface area contributed by atoms with Gasteiger partial charge in [0.1, 0.15) is 17.4 Å². The second-order valence-electron chi connectivity index (χ2n) is 6.50. The normalized spacial score (nSPS) is 17.3. The SMILES string of the molecule is Cc1cc(/C=C(/C#N)C(=O)NCc2ccco2)c(C)n1CC1CCCO1. The van der Waals surface area contributed by atoms with Gasteiger partial charge in [-0.1, -0.05) is 0 Å². The molecule has 6 heteroatoms. The maximum absolute atomic E-state index is 12.3. The minimum Gasteiger partial charge on any atom is -0.467 e. The van der Waals surface area contributed by atoms with Crippen LogP contribution in [0, 0.1) is 25.2 Å². The van der Waals surface area contributed by atoms with Crippen LogP contribution in [0.15, 0.2) is 34.5 Å². The Morgan fingerprint density at radius 3 is 3.00 bits per heavy atom. The second kappa shape index (κ2) is 8.07. The molecule has 1 aliphatic heterocycles. The van der Waals surface area contributed by atoms with Crippen molar-refractivity contribution in [1.29, 1.82) is 5.26 Å². The van der Waals surface area contributed by atoms with Crippen molar-refractivity contribution < 1.29 is 13.9 Å². The number of carbonyl (C=O) groups is 1. The van der Waals surface area contributed by atoms with Crippen LogP contribution in [0.25, 0.3) is 6.08 Å². The predicted molar refractivity (Wildman–Crippen MR) is 97.0 cm³/mol. The number of aryl methyl sites for hydroxylation is 1. The van der Waals surface area contributed by atoms with E-state index in [-0.39, 0.29) is 18.2 Å². The first-order chi connectivity index (χ1) is 12.6. The van der Waals surface area contributed by atoms with Gasteiger partial charge in [-0.2, -0.15) is 5.26 Å². The molecule has 1 amide bonds. The van der Waals surface area contributed by atoms with Gasteiger partial charge in [0.25, 0.3) is 5.91 Å². The molecule has 0 spiro atoms. The molecule has 0 aliphatic carbocycles. The summed E-state index contributed by atoms with van der Waals surface area (Å²) in [5.41, 5.74) is 3.08. The van der Waals surface area contributed by atoms with Crippen LogP contribution < -0.4 is 5.32 Å². The summed E-state index contributed by atoms with van der Waals surface area (Å²) in [6, 6.07) is 7.52. The highest BCUT2D eigenvalue weighted by atomic mass is 16.5. The van der Waals surface area contributed by atoms with Crippen molar-refractivity contribution in [2.75, 3.05) is 6.61 Å². The van der Waals surface area contributed by atoms with Gasteiger partial charge in [0.15, 0.2) is 0 Å². The van der Waals surface area contributed by atoms with Crippen molar-refractivity contribution >= 4 is 12.0 Å². The van der Waals surface area contributed by atoms with Crippen molar-refractivity contribution in [3.63, 3.8) is 0 Å². The molecule has 3 rings (SSSR count). The van der Waals surface area contributed by atoms with Gasteiger partial charge in [-0.05, 0) is 56.5 Å². The fraction of sp³-hybridized carbons (Fsp3) is 0.400. The van der Waals surface area contributed by atoms with Gasteiger partial charge < -0.3 is 19.0 Å². The molecule has 0 radical (unpaired) electrons. The van der Waals surface area contributed by atoms with Gasteiger partial charge in [0.2, 0.25) is 0 Å². The molecule has 2 aromatic heterocycles. The molecule has 3 heterocycles. The number of nitrogens with zero attached hydrogens (tertiary/aromatic N) is 2. The zero-order chi connectivity index (χ0) is 18.5. The number of carbonyl (C=O) groups excluding carboxylic acids is 1. The number of aromatic nitrogens is 1. The minimum atomic E-state index is -0.409. The average Bonchev–Trinajstić information content (AvgIpc) is 3.37. The monoisotopic (exact) mass is 353 g/mol. The molecule has 1 atom stereocenters. The Labute approximate surface area is 153 Å². The minimum absolute atomic E-state index is 0.0777. The Hall–Kier alpha value is -2.78. The van der Waals surface area contributed by atoms with E-state index in [4.69, 9.17) is 9.15 Å². The van der Waals surface area contributed by atoms with Crippen LogP contribution >= 0.6 is 0 Å². The summed E-state index contributed by atoms with van der Waals surface area (Å²) in [7, 11) is 0. The fourth-order valence-electron chi connectivity index (χ4n) is 3.23. The molecule has 1 aliphatic rings. The van der Waals surface area contributed by atoms with E-state index < -0.39 is 5.91 Å². The summed E-state index contributed by atoms with van der Waals surface area (Å²) in [6.45, 7) is 5.91. The van der Waals surface area contributed by atoms with Gasteiger partial charge in [-0.3, -0.25) is 4.79 Å². The lowest BCUT2D eigenvalue weighted by atomic mass is 10.1. The molecule has 1 saturated heterocycles. The number of hydrogen-bond acceptors (Lipinski definition) is 4. The van der Waals surface area contributed by atoms with Crippen LogP contribution in [0.4, 0.5) is 0 Å². The number of amides is 1. The number of nitrogens with one attached hydrogen (secondary N) is 1. The first-order valence-corrected chi connectivity index (χ1v) is 8.79. The number of furan rings is 1. The third-order valence-electron chi connectivity index (χ3n) is 4.69. The third kappa shape index (κ3) is 4.06. The van der Waals surface area contributed by atoms with E-state index in [2.05, 4.69) is 9.88 Å². The molecule has 2 aromatic rings. The second-order valence-corrected chi connectivity index (χ2v) is 6.50. The van der Waals surface area contributed by atoms with Crippen LogP contribution in [0.1, 0.15) is 35.6 Å². The largest absolute Gasteiger partial charge is 0.467 e. The maximum atomic E-state index is 12.3. The van der Waals surface area contributed by atoms with Crippen LogP contribution in [-0.2, 0) is 22.6 Å². The Morgan fingerprint density at radius 2 is 2.35 bits per heavy atom. The highest BCUT2D eigenvalue weighted by Crippen LogP contribution is 2.22. The van der Waals surface area contributed by atoms with Crippen LogP contribution in [0.5, 0.6) is 0 Å². The van der Waals surface area contributed by atoms with Crippen molar-refractivity contribution in [2.45, 2.75) is 45.9 Å². The lowest BCUT2D eigenvalue weighted by Gasteiger charge is -2.14. The summed E-state index contributed by atoms with van der Waals surface area (Å²) in [6.07, 6.45) is 5.60. The van der Waals surface area contributed by atoms with Crippen LogP contribution in [0.2, 0.25) is 0 Å². The zero-order valence-corrected chi connectivity index (χ0v) is 15.1. The number of nitriles is 1. The summed E-state index contributed by atoms with van der Waals surface area (Å²) >= 11 is 0. The number of hydrogen-bond donors (Lipinski definition) is 1. The van der Waals surface area contributed by atoms with Crippen molar-refractivity contribution in [3.05, 3.63) is 52.7 Å². The molecule has 0 saturated carbocycles. The van der Waals surface area contributed by atoms with Gasteiger partial charge in [0.05, 0.1) is 18.9 Å². The van der Waals surface area contributed by atoms with E-state index in [1.807, 2.05) is 26.0 Å². The summed E-state index contributed by atoms with van der Waals surface area (Å²) in [4.78, 5) is 12.3. The third-order valence-corrected chi connectivity index (χ3v) is 4.69. The molecule has 1 fully saturated rings. The molecule has 0 bridgehead atoms. The van der Waals surface area contributed by atoms with Crippen molar-refractivity contribution in [2.24, 2.45) is 0 Å². The quantitative estimate of drug-likeness (QED) is 0.639. The highest BCUT2D eigenvalue weighted by molar-refractivity contribution is 6.01. The predicted octanol–water partition coefficient (Wildman–Crippen LogP) is 3.10. The first-order valence-electron chi connectivity index (χ1n) is 8.79. The average molecular weight is 353 g/mol.